The van der Waals surface area contributed by atoms with Crippen molar-refractivity contribution in [3.8, 4) is 0 Å². The van der Waals surface area contributed by atoms with Gasteiger partial charge >= 0.3 is 0 Å². The van der Waals surface area contributed by atoms with Gasteiger partial charge in [0.05, 0.1) is 16.3 Å². The lowest BCUT2D eigenvalue weighted by Gasteiger charge is -2.07. The summed E-state index contributed by atoms with van der Waals surface area (Å²) in [6.45, 7) is 0. The second-order valence-electron chi connectivity index (χ2n) is 5.91. The molecule has 0 amide bonds. The van der Waals surface area contributed by atoms with Crippen LogP contribution in [-0.4, -0.2) is 10.9 Å². The van der Waals surface area contributed by atoms with E-state index in [1.54, 1.807) is 11.8 Å². The van der Waals surface area contributed by atoms with Crippen molar-refractivity contribution in [2.75, 3.05) is 0 Å². The third kappa shape index (κ3) is 2.44. The van der Waals surface area contributed by atoms with Crippen LogP contribution < -0.4 is 0 Å². The molecule has 25 heavy (non-hydrogen) atoms. The molecule has 0 N–H and O–H groups in total. The van der Waals surface area contributed by atoms with Crippen molar-refractivity contribution in [2.45, 2.75) is 0 Å². The zero-order chi connectivity index (χ0) is 16.6. The molecule has 1 aliphatic carbocycles. The van der Waals surface area contributed by atoms with Gasteiger partial charge in [0.2, 0.25) is 0 Å². The average molecular weight is 338 g/mol. The summed E-state index contributed by atoms with van der Waals surface area (Å²) in [5.41, 5.74) is 6.93. The van der Waals surface area contributed by atoms with Gasteiger partial charge in [0.25, 0.3) is 0 Å². The maximum Gasteiger partial charge on any atom is 0.193 e. The molecule has 0 radical (unpaired) electrons. The molecule has 0 bridgehead atoms. The molecule has 0 fully saturated rings. The molecule has 0 aromatic heterocycles. The van der Waals surface area contributed by atoms with Crippen LogP contribution in [-0.2, 0) is 0 Å². The minimum absolute atomic E-state index is 0.805. The Balaban J connectivity index is 1.67. The molecule has 3 aromatic rings. The van der Waals surface area contributed by atoms with E-state index in [-0.39, 0.29) is 0 Å². The third-order valence-corrected chi connectivity index (χ3v) is 5.30. The van der Waals surface area contributed by atoms with E-state index in [4.69, 9.17) is 9.98 Å². The van der Waals surface area contributed by atoms with Gasteiger partial charge in [-0.05, 0) is 35.0 Å². The maximum atomic E-state index is 4.83. The number of rotatable bonds is 2. The molecule has 0 saturated heterocycles. The zero-order valence-corrected chi connectivity index (χ0v) is 14.2. The summed E-state index contributed by atoms with van der Waals surface area (Å²) >= 11 is 1.66. The van der Waals surface area contributed by atoms with Crippen molar-refractivity contribution in [1.29, 1.82) is 0 Å². The highest BCUT2D eigenvalue weighted by atomic mass is 32.2. The van der Waals surface area contributed by atoms with Crippen LogP contribution >= 0.6 is 11.8 Å². The third-order valence-electron chi connectivity index (χ3n) is 4.34. The van der Waals surface area contributed by atoms with Crippen LogP contribution in [0.3, 0.4) is 0 Å². The van der Waals surface area contributed by atoms with Crippen LogP contribution in [0.5, 0.6) is 0 Å². The summed E-state index contributed by atoms with van der Waals surface area (Å²) < 4.78 is 0. The summed E-state index contributed by atoms with van der Waals surface area (Å²) in [6, 6.07) is 29.0. The predicted molar refractivity (Wildman–Crippen MR) is 107 cm³/mol. The van der Waals surface area contributed by atoms with Crippen molar-refractivity contribution in [3.63, 3.8) is 0 Å². The SMILES string of the molecule is c1ccc(N=C2N=C3C(=C(c4ccccc4)c4ccccc43)S2)cc1. The molecule has 0 unspecified atom stereocenters. The van der Waals surface area contributed by atoms with E-state index in [1.807, 2.05) is 30.3 Å². The predicted octanol–water partition coefficient (Wildman–Crippen LogP) is 5.68. The quantitative estimate of drug-likeness (QED) is 0.590. The molecule has 0 saturated carbocycles. The summed E-state index contributed by atoms with van der Waals surface area (Å²) in [6.07, 6.45) is 0. The number of hydrogen-bond donors (Lipinski definition) is 0. The Morgan fingerprint density at radius 1 is 0.680 bits per heavy atom. The van der Waals surface area contributed by atoms with Gasteiger partial charge in [-0.2, -0.15) is 0 Å². The van der Waals surface area contributed by atoms with Gasteiger partial charge in [0.15, 0.2) is 5.17 Å². The molecule has 1 aliphatic heterocycles. The number of aliphatic imine (C=N–C) groups is 2. The van der Waals surface area contributed by atoms with Crippen molar-refractivity contribution in [1.82, 2.24) is 0 Å². The van der Waals surface area contributed by atoms with Crippen molar-refractivity contribution >= 4 is 33.9 Å². The summed E-state index contributed by atoms with van der Waals surface area (Å²) in [5, 5.41) is 0.805. The zero-order valence-electron chi connectivity index (χ0n) is 13.4. The molecule has 2 aliphatic rings. The molecule has 0 atom stereocenters. The molecule has 3 aromatic carbocycles. The number of para-hydroxylation sites is 1. The smallest absolute Gasteiger partial charge is 0.193 e. The minimum atomic E-state index is 0.805. The number of fused-ring (bicyclic) bond motifs is 3. The summed E-state index contributed by atoms with van der Waals surface area (Å²) in [5.74, 6) is 0. The Morgan fingerprint density at radius 2 is 1.32 bits per heavy atom. The van der Waals surface area contributed by atoms with Gasteiger partial charge in [0.1, 0.15) is 0 Å². The van der Waals surface area contributed by atoms with Crippen molar-refractivity contribution < 1.29 is 0 Å². The van der Waals surface area contributed by atoms with Gasteiger partial charge in [-0.15, -0.1) is 0 Å². The molecule has 118 valence electrons. The fraction of sp³-hybridized carbons (Fsp3) is 0. The average Bonchev–Trinajstić information content (AvgIpc) is 3.19. The van der Waals surface area contributed by atoms with Gasteiger partial charge < -0.3 is 0 Å². The molecule has 5 rings (SSSR count). The number of hydrogen-bond acceptors (Lipinski definition) is 2. The highest BCUT2D eigenvalue weighted by Crippen LogP contribution is 2.46. The van der Waals surface area contributed by atoms with E-state index in [2.05, 4.69) is 54.6 Å². The molecular formula is C22H14N2S. The van der Waals surface area contributed by atoms with Crippen molar-refractivity contribution in [2.24, 2.45) is 9.98 Å². The second-order valence-corrected chi connectivity index (χ2v) is 6.89. The van der Waals surface area contributed by atoms with Gasteiger partial charge in [0, 0.05) is 11.1 Å². The maximum absolute atomic E-state index is 4.83. The Kier molecular flexibility index (Phi) is 3.39. The van der Waals surface area contributed by atoms with Crippen molar-refractivity contribution in [3.05, 3.63) is 107 Å². The molecule has 0 spiro atoms. The number of amidine groups is 1. The van der Waals surface area contributed by atoms with E-state index < -0.39 is 0 Å². The number of nitrogens with zero attached hydrogens (tertiary/aromatic N) is 2. The number of thioether (sulfide) groups is 1. The first-order chi connectivity index (χ1) is 12.4. The van der Waals surface area contributed by atoms with Crippen LogP contribution in [0, 0.1) is 0 Å². The lowest BCUT2D eigenvalue weighted by atomic mass is 9.99. The molecular weight excluding hydrogens is 324 g/mol. The Bertz CT molecular complexity index is 1050. The van der Waals surface area contributed by atoms with Crippen LogP contribution in [0.4, 0.5) is 5.69 Å². The van der Waals surface area contributed by atoms with Gasteiger partial charge in [-0.25, -0.2) is 9.98 Å². The molecule has 3 heteroatoms. The minimum Gasteiger partial charge on any atom is -0.223 e. The van der Waals surface area contributed by atoms with E-state index in [0.717, 1.165) is 16.6 Å². The van der Waals surface area contributed by atoms with E-state index >= 15 is 0 Å². The van der Waals surface area contributed by atoms with E-state index in [1.165, 1.54) is 27.2 Å². The summed E-state index contributed by atoms with van der Waals surface area (Å²) in [7, 11) is 0. The van der Waals surface area contributed by atoms with Crippen LogP contribution in [0.1, 0.15) is 16.7 Å². The topological polar surface area (TPSA) is 24.7 Å². The van der Waals surface area contributed by atoms with Crippen LogP contribution in [0.2, 0.25) is 0 Å². The number of benzene rings is 3. The largest absolute Gasteiger partial charge is 0.223 e. The first kappa shape index (κ1) is 14.4. The monoisotopic (exact) mass is 338 g/mol. The van der Waals surface area contributed by atoms with Gasteiger partial charge in [-0.3, -0.25) is 0 Å². The standard InChI is InChI=1S/C22H14N2S/c1-3-9-15(10-4-1)19-17-13-7-8-14-18(17)20-21(19)25-22(24-20)23-16-11-5-2-6-12-16/h1-14H. The van der Waals surface area contributed by atoms with E-state index in [9.17, 15) is 0 Å². The highest BCUT2D eigenvalue weighted by molar-refractivity contribution is 8.18. The Hall–Kier alpha value is -2.91. The normalized spacial score (nSPS) is 16.8. The highest BCUT2D eigenvalue weighted by Gasteiger charge is 2.34. The first-order valence-corrected chi connectivity index (χ1v) is 9.02. The lowest BCUT2D eigenvalue weighted by molar-refractivity contribution is 1.50. The van der Waals surface area contributed by atoms with Gasteiger partial charge in [-0.1, -0.05) is 72.8 Å². The fourth-order valence-corrected chi connectivity index (χ4v) is 4.30. The summed E-state index contributed by atoms with van der Waals surface area (Å²) in [4.78, 5) is 10.7. The van der Waals surface area contributed by atoms with Crippen LogP contribution in [0.15, 0.2) is 99.8 Å². The first-order valence-electron chi connectivity index (χ1n) is 8.20. The molecule has 2 nitrogen and oxygen atoms in total. The fourth-order valence-electron chi connectivity index (χ4n) is 3.24. The number of allylic oxidation sites excluding steroid dienone is 1. The lowest BCUT2D eigenvalue weighted by Crippen LogP contribution is -1.93. The van der Waals surface area contributed by atoms with Crippen LogP contribution in [0.25, 0.3) is 5.57 Å². The van der Waals surface area contributed by atoms with E-state index in [0.29, 0.717) is 0 Å². The second kappa shape index (κ2) is 5.87. The Labute approximate surface area is 150 Å². The Morgan fingerprint density at radius 3 is 2.08 bits per heavy atom. The molecule has 1 heterocycles.